The number of hydrogen-bond donors (Lipinski definition) is 1. The highest BCUT2D eigenvalue weighted by atomic mass is 32.1. The van der Waals surface area contributed by atoms with Crippen molar-refractivity contribution in [1.29, 1.82) is 0 Å². The largest absolute Gasteiger partial charge is 0.550 e. The number of carbonyl (C=O) groups is 1. The van der Waals surface area contributed by atoms with Gasteiger partial charge in [-0.05, 0) is 24.6 Å². The van der Waals surface area contributed by atoms with E-state index in [4.69, 9.17) is 4.74 Å². The number of carbonyl (C=O) groups excluding carboxylic acids is 1. The van der Waals surface area contributed by atoms with E-state index in [9.17, 15) is 9.90 Å². The maximum Gasteiger partial charge on any atom is 0.183 e. The van der Waals surface area contributed by atoms with Crippen LogP contribution in [0.2, 0.25) is 0 Å². The van der Waals surface area contributed by atoms with Crippen LogP contribution in [0.5, 0.6) is 5.75 Å². The lowest BCUT2D eigenvalue weighted by molar-refractivity contribution is -0.304. The first-order valence-corrected chi connectivity index (χ1v) is 7.15. The topological polar surface area (TPSA) is 74.3 Å². The molecule has 0 atom stereocenters. The molecule has 0 aliphatic rings. The van der Waals surface area contributed by atoms with Gasteiger partial charge < -0.3 is 20.0 Å². The fourth-order valence-corrected chi connectivity index (χ4v) is 2.37. The summed E-state index contributed by atoms with van der Waals surface area (Å²) in [5, 5.41) is 16.0. The van der Waals surface area contributed by atoms with Gasteiger partial charge >= 0.3 is 0 Å². The van der Waals surface area contributed by atoms with Crippen molar-refractivity contribution in [2.75, 3.05) is 11.9 Å². The van der Waals surface area contributed by atoms with Gasteiger partial charge in [-0.3, -0.25) is 0 Å². The van der Waals surface area contributed by atoms with E-state index in [1.54, 1.807) is 5.38 Å². The molecule has 0 spiro atoms. The quantitative estimate of drug-likeness (QED) is 0.835. The second-order valence-electron chi connectivity index (χ2n) is 4.12. The van der Waals surface area contributed by atoms with E-state index in [0.717, 1.165) is 11.3 Å². The Morgan fingerprint density at radius 1 is 1.40 bits per heavy atom. The SMILES string of the molecule is CCOc1ccc(CNc2nc(CC(=O)[O-])cs2)cc1. The van der Waals surface area contributed by atoms with E-state index in [2.05, 4.69) is 10.3 Å². The van der Waals surface area contributed by atoms with E-state index in [1.165, 1.54) is 11.3 Å². The lowest BCUT2D eigenvalue weighted by Crippen LogP contribution is -2.24. The van der Waals surface area contributed by atoms with Gasteiger partial charge in [0.25, 0.3) is 0 Å². The van der Waals surface area contributed by atoms with Gasteiger partial charge in [-0.1, -0.05) is 12.1 Å². The molecule has 1 heterocycles. The van der Waals surface area contributed by atoms with Crippen LogP contribution >= 0.6 is 11.3 Å². The van der Waals surface area contributed by atoms with Crippen molar-refractivity contribution in [3.8, 4) is 5.75 Å². The molecule has 0 aliphatic heterocycles. The first-order valence-electron chi connectivity index (χ1n) is 6.27. The van der Waals surface area contributed by atoms with Crippen molar-refractivity contribution >= 4 is 22.4 Å². The fraction of sp³-hybridized carbons (Fsp3) is 0.286. The maximum atomic E-state index is 10.5. The molecule has 0 bridgehead atoms. The van der Waals surface area contributed by atoms with Gasteiger partial charge in [-0.2, -0.15) is 0 Å². The molecule has 1 aromatic heterocycles. The van der Waals surface area contributed by atoms with Crippen LogP contribution in [0.15, 0.2) is 29.6 Å². The van der Waals surface area contributed by atoms with Crippen molar-refractivity contribution in [3.63, 3.8) is 0 Å². The number of benzene rings is 1. The lowest BCUT2D eigenvalue weighted by Gasteiger charge is -2.05. The number of hydrogen-bond acceptors (Lipinski definition) is 6. The Bertz CT molecular complexity index is 566. The van der Waals surface area contributed by atoms with E-state index in [1.807, 2.05) is 31.2 Å². The minimum atomic E-state index is -1.12. The molecule has 0 unspecified atom stereocenters. The number of nitrogens with zero attached hydrogens (tertiary/aromatic N) is 1. The second kappa shape index (κ2) is 6.91. The van der Waals surface area contributed by atoms with Crippen LogP contribution in [0.3, 0.4) is 0 Å². The summed E-state index contributed by atoms with van der Waals surface area (Å²) in [5.41, 5.74) is 1.62. The van der Waals surface area contributed by atoms with Crippen molar-refractivity contribution in [2.45, 2.75) is 19.9 Å². The standard InChI is InChI=1S/C14H16N2O3S/c1-2-19-12-5-3-10(4-6-12)8-15-14-16-11(9-20-14)7-13(17)18/h3-6,9H,2,7-8H2,1H3,(H,15,16)(H,17,18)/p-1. The van der Waals surface area contributed by atoms with Crippen LogP contribution in [0, 0.1) is 0 Å². The molecule has 0 saturated carbocycles. The maximum absolute atomic E-state index is 10.5. The summed E-state index contributed by atoms with van der Waals surface area (Å²) < 4.78 is 5.37. The van der Waals surface area contributed by atoms with Crippen molar-refractivity contribution in [2.24, 2.45) is 0 Å². The highest BCUT2D eigenvalue weighted by Crippen LogP contribution is 2.18. The molecule has 5 nitrogen and oxygen atoms in total. The minimum absolute atomic E-state index is 0.152. The minimum Gasteiger partial charge on any atom is -0.550 e. The van der Waals surface area contributed by atoms with Crippen LogP contribution in [-0.4, -0.2) is 17.6 Å². The Morgan fingerprint density at radius 2 is 2.15 bits per heavy atom. The van der Waals surface area contributed by atoms with E-state index < -0.39 is 5.97 Å². The Balaban J connectivity index is 1.88. The average molecular weight is 291 g/mol. The smallest absolute Gasteiger partial charge is 0.183 e. The summed E-state index contributed by atoms with van der Waals surface area (Å²) in [7, 11) is 0. The molecular weight excluding hydrogens is 276 g/mol. The van der Waals surface area contributed by atoms with Crippen LogP contribution in [0.4, 0.5) is 5.13 Å². The molecule has 20 heavy (non-hydrogen) atoms. The number of thiazole rings is 1. The number of carboxylic acids is 1. The number of carboxylic acid groups (broad SMARTS) is 1. The molecule has 0 aliphatic carbocycles. The zero-order chi connectivity index (χ0) is 14.4. The molecule has 0 saturated heterocycles. The monoisotopic (exact) mass is 291 g/mol. The molecule has 0 fully saturated rings. The summed E-state index contributed by atoms with van der Waals surface area (Å²) >= 11 is 1.38. The second-order valence-corrected chi connectivity index (χ2v) is 4.98. The summed E-state index contributed by atoms with van der Waals surface area (Å²) in [6, 6.07) is 7.80. The zero-order valence-corrected chi connectivity index (χ0v) is 11.9. The first-order chi connectivity index (χ1) is 9.67. The van der Waals surface area contributed by atoms with E-state index in [-0.39, 0.29) is 6.42 Å². The predicted octanol–water partition coefficient (Wildman–Crippen LogP) is 1.45. The number of aromatic nitrogens is 1. The molecular formula is C14H15N2O3S-. The first kappa shape index (κ1) is 14.3. The number of anilines is 1. The van der Waals surface area contributed by atoms with Gasteiger partial charge in [0, 0.05) is 24.3 Å². The van der Waals surface area contributed by atoms with Gasteiger partial charge in [0.1, 0.15) is 5.75 Å². The molecule has 2 aromatic rings. The molecule has 0 radical (unpaired) electrons. The summed E-state index contributed by atoms with van der Waals surface area (Å²) in [5.74, 6) is -0.268. The normalized spacial score (nSPS) is 10.2. The fourth-order valence-electron chi connectivity index (χ4n) is 1.67. The van der Waals surface area contributed by atoms with E-state index in [0.29, 0.717) is 24.0 Å². The third-order valence-electron chi connectivity index (χ3n) is 2.56. The molecule has 6 heteroatoms. The Kier molecular flexibility index (Phi) is 4.95. The molecule has 1 N–H and O–H groups in total. The Hall–Kier alpha value is -2.08. The van der Waals surface area contributed by atoms with Crippen molar-refractivity contribution in [3.05, 3.63) is 40.9 Å². The van der Waals surface area contributed by atoms with Crippen LogP contribution < -0.4 is 15.2 Å². The Labute approximate surface area is 121 Å². The molecule has 2 rings (SSSR count). The average Bonchev–Trinajstić information content (AvgIpc) is 2.85. The third-order valence-corrected chi connectivity index (χ3v) is 3.40. The van der Waals surface area contributed by atoms with Gasteiger partial charge in [0.05, 0.1) is 12.3 Å². The number of aliphatic carboxylic acids is 1. The van der Waals surface area contributed by atoms with Crippen molar-refractivity contribution < 1.29 is 14.6 Å². The highest BCUT2D eigenvalue weighted by molar-refractivity contribution is 7.13. The number of rotatable bonds is 7. The van der Waals surface area contributed by atoms with Crippen LogP contribution in [0.1, 0.15) is 18.2 Å². The Morgan fingerprint density at radius 3 is 2.80 bits per heavy atom. The highest BCUT2D eigenvalue weighted by Gasteiger charge is 2.02. The van der Waals surface area contributed by atoms with Gasteiger partial charge in [-0.25, -0.2) is 4.98 Å². The predicted molar refractivity (Wildman–Crippen MR) is 75.8 cm³/mol. The van der Waals surface area contributed by atoms with Crippen molar-refractivity contribution in [1.82, 2.24) is 4.98 Å². The van der Waals surface area contributed by atoms with E-state index >= 15 is 0 Å². The molecule has 0 amide bonds. The van der Waals surface area contributed by atoms with Crippen LogP contribution in [-0.2, 0) is 17.8 Å². The third kappa shape index (κ3) is 4.24. The van der Waals surface area contributed by atoms with Gasteiger partial charge in [0.15, 0.2) is 5.13 Å². The number of nitrogens with one attached hydrogen (secondary N) is 1. The van der Waals surface area contributed by atoms with Crippen LogP contribution in [0.25, 0.3) is 0 Å². The summed E-state index contributed by atoms with van der Waals surface area (Å²) in [6.45, 7) is 3.23. The summed E-state index contributed by atoms with van der Waals surface area (Å²) in [6.07, 6.45) is -0.152. The van der Waals surface area contributed by atoms with Gasteiger partial charge in [0.2, 0.25) is 0 Å². The summed E-state index contributed by atoms with van der Waals surface area (Å²) in [4.78, 5) is 14.6. The molecule has 106 valence electrons. The lowest BCUT2D eigenvalue weighted by atomic mass is 10.2. The van der Waals surface area contributed by atoms with Gasteiger partial charge in [-0.15, -0.1) is 11.3 Å². The molecule has 1 aromatic carbocycles. The zero-order valence-electron chi connectivity index (χ0n) is 11.1. The number of ether oxygens (including phenoxy) is 1.